The minimum Gasteiger partial charge on any atom is -0.384 e. The summed E-state index contributed by atoms with van der Waals surface area (Å²) in [6.45, 7) is 8.09. The highest BCUT2D eigenvalue weighted by Crippen LogP contribution is 2.13. The Morgan fingerprint density at radius 3 is 2.42 bits per heavy atom. The van der Waals surface area contributed by atoms with Gasteiger partial charge >= 0.3 is 0 Å². The zero-order valence-corrected chi connectivity index (χ0v) is 11.3. The maximum absolute atomic E-state index is 13.5. The fourth-order valence-electron chi connectivity index (χ4n) is 2.42. The van der Waals surface area contributed by atoms with Gasteiger partial charge in [0, 0.05) is 38.3 Å². The zero-order chi connectivity index (χ0) is 13.8. The van der Waals surface area contributed by atoms with E-state index in [0.29, 0.717) is 5.56 Å². The maximum Gasteiger partial charge on any atom is 0.124 e. The van der Waals surface area contributed by atoms with Crippen LogP contribution in [0, 0.1) is 11.2 Å². The first-order chi connectivity index (χ1) is 9.08. The van der Waals surface area contributed by atoms with Crippen LogP contribution in [0.1, 0.15) is 18.1 Å². The fraction of sp³-hybridized carbons (Fsp3) is 0.500. The van der Waals surface area contributed by atoms with Gasteiger partial charge in [-0.2, -0.15) is 0 Å². The van der Waals surface area contributed by atoms with E-state index in [1.807, 2.05) is 0 Å². The van der Waals surface area contributed by atoms with Gasteiger partial charge < -0.3 is 10.6 Å². The summed E-state index contributed by atoms with van der Waals surface area (Å²) < 4.78 is 13.5. The second-order valence-electron chi connectivity index (χ2n) is 4.97. The van der Waals surface area contributed by atoms with Gasteiger partial charge in [-0.15, -0.1) is 0 Å². The highest BCUT2D eigenvalue weighted by molar-refractivity contribution is 5.95. The number of hydrogen-bond donors (Lipinski definition) is 2. The Labute approximate surface area is 113 Å². The highest BCUT2D eigenvalue weighted by atomic mass is 19.1. The normalized spacial score (nSPS) is 17.6. The molecule has 1 aromatic carbocycles. The lowest BCUT2D eigenvalue weighted by atomic mass is 10.1. The van der Waals surface area contributed by atoms with Crippen LogP contribution in [0.15, 0.2) is 18.2 Å². The second kappa shape index (κ2) is 6.12. The first kappa shape index (κ1) is 14.0. The Balaban J connectivity index is 2.01. The molecule has 2 rings (SSSR count). The van der Waals surface area contributed by atoms with E-state index in [1.54, 1.807) is 6.07 Å². The number of hydrogen-bond acceptors (Lipinski definition) is 3. The quantitative estimate of drug-likeness (QED) is 0.635. The molecule has 1 aromatic rings. The summed E-state index contributed by atoms with van der Waals surface area (Å²) in [6.07, 6.45) is 0. The van der Waals surface area contributed by atoms with Crippen molar-refractivity contribution < 1.29 is 4.39 Å². The van der Waals surface area contributed by atoms with Gasteiger partial charge in [-0.1, -0.05) is 6.92 Å². The summed E-state index contributed by atoms with van der Waals surface area (Å²) in [5.74, 6) is -0.411. The number of piperazine rings is 1. The van der Waals surface area contributed by atoms with Crippen LogP contribution in [0.2, 0.25) is 0 Å². The molecule has 0 aromatic heterocycles. The molecule has 1 heterocycles. The maximum atomic E-state index is 13.5. The topological polar surface area (TPSA) is 56.4 Å². The zero-order valence-electron chi connectivity index (χ0n) is 11.3. The van der Waals surface area contributed by atoms with Gasteiger partial charge in [-0.25, -0.2) is 4.39 Å². The van der Waals surface area contributed by atoms with E-state index in [2.05, 4.69) is 16.7 Å². The lowest BCUT2D eigenvalue weighted by molar-refractivity contribution is 0.132. The van der Waals surface area contributed by atoms with Crippen molar-refractivity contribution in [3.63, 3.8) is 0 Å². The number of nitrogens with one attached hydrogen (secondary N) is 1. The molecule has 0 saturated carbocycles. The number of nitrogens with two attached hydrogens (primary N) is 1. The van der Waals surface area contributed by atoms with Crippen molar-refractivity contribution in [3.05, 3.63) is 35.1 Å². The Kier molecular flexibility index (Phi) is 4.50. The number of nitrogens with zero attached hydrogens (tertiary/aromatic N) is 2. The summed E-state index contributed by atoms with van der Waals surface area (Å²) in [4.78, 5) is 4.72. The van der Waals surface area contributed by atoms with Crippen molar-refractivity contribution in [2.24, 2.45) is 5.73 Å². The third-order valence-corrected chi connectivity index (χ3v) is 3.59. The SMILES string of the molecule is CCN1CCN(Cc2cc(F)cc(C(=N)N)c2)CC1. The van der Waals surface area contributed by atoms with Crippen LogP contribution in [-0.2, 0) is 6.54 Å². The van der Waals surface area contributed by atoms with E-state index in [1.165, 1.54) is 12.1 Å². The molecule has 0 spiro atoms. The molecule has 4 nitrogen and oxygen atoms in total. The molecule has 0 radical (unpaired) electrons. The van der Waals surface area contributed by atoms with Crippen LogP contribution in [0.3, 0.4) is 0 Å². The molecule has 104 valence electrons. The van der Waals surface area contributed by atoms with E-state index in [0.717, 1.165) is 44.8 Å². The highest BCUT2D eigenvalue weighted by Gasteiger charge is 2.16. The molecule has 1 fully saturated rings. The molecular formula is C14H21FN4. The minimum atomic E-state index is -0.324. The number of benzene rings is 1. The van der Waals surface area contributed by atoms with Crippen LogP contribution < -0.4 is 5.73 Å². The lowest BCUT2D eigenvalue weighted by Crippen LogP contribution is -2.45. The summed E-state index contributed by atoms with van der Waals surface area (Å²) in [7, 11) is 0. The van der Waals surface area contributed by atoms with E-state index in [4.69, 9.17) is 11.1 Å². The second-order valence-corrected chi connectivity index (χ2v) is 4.97. The molecule has 3 N–H and O–H groups in total. The average Bonchev–Trinajstić information content (AvgIpc) is 2.39. The van der Waals surface area contributed by atoms with Gasteiger partial charge in [0.05, 0.1) is 0 Å². The van der Waals surface area contributed by atoms with Crippen LogP contribution in [0.5, 0.6) is 0 Å². The number of rotatable bonds is 4. The molecule has 0 aliphatic carbocycles. The summed E-state index contributed by atoms with van der Waals surface area (Å²) >= 11 is 0. The molecule has 0 bridgehead atoms. The number of likely N-dealkylation sites (N-methyl/N-ethyl adjacent to an activating group) is 1. The van der Waals surface area contributed by atoms with Gasteiger partial charge in [0.1, 0.15) is 11.7 Å². The van der Waals surface area contributed by atoms with Gasteiger partial charge in [-0.05, 0) is 30.3 Å². The third kappa shape index (κ3) is 3.75. The first-order valence-electron chi connectivity index (χ1n) is 6.67. The van der Waals surface area contributed by atoms with Crippen molar-refractivity contribution in [2.75, 3.05) is 32.7 Å². The van der Waals surface area contributed by atoms with Crippen molar-refractivity contribution in [3.8, 4) is 0 Å². The van der Waals surface area contributed by atoms with E-state index in [9.17, 15) is 4.39 Å². The van der Waals surface area contributed by atoms with Crippen molar-refractivity contribution in [2.45, 2.75) is 13.5 Å². The van der Waals surface area contributed by atoms with Gasteiger partial charge in [0.25, 0.3) is 0 Å². The van der Waals surface area contributed by atoms with Crippen LogP contribution in [0.25, 0.3) is 0 Å². The average molecular weight is 264 g/mol. The summed E-state index contributed by atoms with van der Waals surface area (Å²) in [5.41, 5.74) is 6.76. The van der Waals surface area contributed by atoms with Crippen molar-refractivity contribution in [1.29, 1.82) is 5.41 Å². The van der Waals surface area contributed by atoms with E-state index in [-0.39, 0.29) is 11.7 Å². The van der Waals surface area contributed by atoms with Crippen LogP contribution in [-0.4, -0.2) is 48.4 Å². The van der Waals surface area contributed by atoms with Gasteiger partial charge in [0.15, 0.2) is 0 Å². The van der Waals surface area contributed by atoms with Crippen LogP contribution >= 0.6 is 0 Å². The molecule has 19 heavy (non-hydrogen) atoms. The summed E-state index contributed by atoms with van der Waals surface area (Å²) in [6, 6.07) is 4.64. The van der Waals surface area contributed by atoms with Gasteiger partial charge in [0.2, 0.25) is 0 Å². The Morgan fingerprint density at radius 1 is 1.21 bits per heavy atom. The van der Waals surface area contributed by atoms with E-state index < -0.39 is 0 Å². The number of amidine groups is 1. The minimum absolute atomic E-state index is 0.0865. The Morgan fingerprint density at radius 2 is 1.84 bits per heavy atom. The van der Waals surface area contributed by atoms with E-state index >= 15 is 0 Å². The Hall–Kier alpha value is -1.46. The van der Waals surface area contributed by atoms with Crippen LogP contribution in [0.4, 0.5) is 4.39 Å². The molecule has 0 atom stereocenters. The predicted octanol–water partition coefficient (Wildman–Crippen LogP) is 1.25. The van der Waals surface area contributed by atoms with Crippen molar-refractivity contribution in [1.82, 2.24) is 9.80 Å². The molecule has 1 aliphatic rings. The first-order valence-corrected chi connectivity index (χ1v) is 6.67. The largest absolute Gasteiger partial charge is 0.384 e. The molecule has 0 unspecified atom stereocenters. The number of halogens is 1. The Bertz CT molecular complexity index is 453. The summed E-state index contributed by atoms with van der Waals surface area (Å²) in [5, 5.41) is 7.39. The number of nitrogen functional groups attached to an aromatic ring is 1. The predicted molar refractivity (Wildman–Crippen MR) is 74.8 cm³/mol. The third-order valence-electron chi connectivity index (χ3n) is 3.59. The monoisotopic (exact) mass is 264 g/mol. The van der Waals surface area contributed by atoms with Gasteiger partial charge in [-0.3, -0.25) is 10.3 Å². The molecule has 0 amide bonds. The molecule has 5 heteroatoms. The standard InChI is InChI=1S/C14H21FN4/c1-2-18-3-5-19(6-4-18)10-11-7-12(14(16)17)9-13(15)8-11/h7-9H,2-6,10H2,1H3,(H3,16,17). The fourth-order valence-corrected chi connectivity index (χ4v) is 2.42. The smallest absolute Gasteiger partial charge is 0.124 e. The molecule has 1 aliphatic heterocycles. The van der Waals surface area contributed by atoms with Crippen molar-refractivity contribution >= 4 is 5.84 Å². The molecule has 1 saturated heterocycles. The lowest BCUT2D eigenvalue weighted by Gasteiger charge is -2.34. The molecular weight excluding hydrogens is 243 g/mol.